The molecule has 0 aromatic heterocycles. The van der Waals surface area contributed by atoms with Crippen molar-refractivity contribution < 1.29 is 28.6 Å². The number of anilines is 1. The van der Waals surface area contributed by atoms with Crippen LogP contribution < -0.4 is 5.32 Å². The standard InChI is InChI=1S/C18H23FN2O5/c1-5-6-9-21(17(25)26-18(2,3)4)11-15(22)20-14-8-7-12(16(23)24)10-13(14)19/h5,7-8,10H,1,6,9,11H2,2-4H3,(H,20,22)(H,23,24). The van der Waals surface area contributed by atoms with Crippen LogP contribution >= 0.6 is 0 Å². The molecule has 0 heterocycles. The molecule has 0 fully saturated rings. The molecule has 0 saturated carbocycles. The Morgan fingerprint density at radius 1 is 1.35 bits per heavy atom. The number of rotatable bonds is 7. The van der Waals surface area contributed by atoms with Gasteiger partial charge in [-0.2, -0.15) is 0 Å². The second-order valence-corrected chi connectivity index (χ2v) is 6.53. The highest BCUT2D eigenvalue weighted by Gasteiger charge is 2.24. The maximum atomic E-state index is 13.9. The number of ether oxygens (including phenoxy) is 1. The topological polar surface area (TPSA) is 95.9 Å². The zero-order chi connectivity index (χ0) is 19.9. The van der Waals surface area contributed by atoms with Crippen LogP contribution in [0.2, 0.25) is 0 Å². The van der Waals surface area contributed by atoms with Crippen LogP contribution in [0.1, 0.15) is 37.6 Å². The van der Waals surface area contributed by atoms with Gasteiger partial charge in [0.1, 0.15) is 18.0 Å². The second-order valence-electron chi connectivity index (χ2n) is 6.53. The van der Waals surface area contributed by atoms with E-state index in [4.69, 9.17) is 9.84 Å². The molecule has 8 heteroatoms. The first-order valence-electron chi connectivity index (χ1n) is 7.95. The van der Waals surface area contributed by atoms with Gasteiger partial charge in [-0.1, -0.05) is 6.08 Å². The van der Waals surface area contributed by atoms with Gasteiger partial charge in [-0.25, -0.2) is 14.0 Å². The number of amides is 2. The van der Waals surface area contributed by atoms with E-state index in [9.17, 15) is 18.8 Å². The Morgan fingerprint density at radius 2 is 2.00 bits per heavy atom. The summed E-state index contributed by atoms with van der Waals surface area (Å²) in [5, 5.41) is 11.1. The van der Waals surface area contributed by atoms with Crippen LogP contribution in [-0.4, -0.2) is 46.7 Å². The van der Waals surface area contributed by atoms with E-state index in [1.165, 1.54) is 11.0 Å². The Bertz CT molecular complexity index is 697. The molecule has 2 N–H and O–H groups in total. The second kappa shape index (κ2) is 8.98. The van der Waals surface area contributed by atoms with E-state index >= 15 is 0 Å². The molecule has 142 valence electrons. The number of halogens is 1. The number of nitrogens with one attached hydrogen (secondary N) is 1. The highest BCUT2D eigenvalue weighted by Crippen LogP contribution is 2.16. The minimum absolute atomic E-state index is 0.173. The molecule has 1 rings (SSSR count). The molecule has 7 nitrogen and oxygen atoms in total. The summed E-state index contributed by atoms with van der Waals surface area (Å²) in [6.45, 7) is 8.55. The van der Waals surface area contributed by atoms with Crippen LogP contribution in [0.5, 0.6) is 0 Å². The third-order valence-electron chi connectivity index (χ3n) is 3.08. The quantitative estimate of drug-likeness (QED) is 0.722. The number of hydrogen-bond donors (Lipinski definition) is 2. The summed E-state index contributed by atoms with van der Waals surface area (Å²) in [6.07, 6.45) is 1.38. The molecule has 0 saturated heterocycles. The summed E-state index contributed by atoms with van der Waals surface area (Å²) in [5.74, 6) is -2.79. The van der Waals surface area contributed by atoms with Gasteiger partial charge in [0, 0.05) is 6.54 Å². The van der Waals surface area contributed by atoms with E-state index in [1.807, 2.05) is 0 Å². The molecule has 0 aliphatic heterocycles. The fourth-order valence-electron chi connectivity index (χ4n) is 1.92. The van der Waals surface area contributed by atoms with Gasteiger partial charge in [0.15, 0.2) is 0 Å². The van der Waals surface area contributed by atoms with Gasteiger partial charge in [-0.05, 0) is 45.4 Å². The fraction of sp³-hybridized carbons (Fsp3) is 0.389. The van der Waals surface area contributed by atoms with Crippen molar-refractivity contribution in [2.24, 2.45) is 0 Å². The number of carboxylic acids is 1. The molecule has 0 aliphatic carbocycles. The monoisotopic (exact) mass is 366 g/mol. The number of hydrogen-bond acceptors (Lipinski definition) is 4. The SMILES string of the molecule is C=CCCN(CC(=O)Nc1ccc(C(=O)O)cc1F)C(=O)OC(C)(C)C. The van der Waals surface area contributed by atoms with Crippen molar-refractivity contribution in [1.82, 2.24) is 4.90 Å². The van der Waals surface area contributed by atoms with Gasteiger partial charge in [0.05, 0.1) is 11.3 Å². The molecular weight excluding hydrogens is 343 g/mol. The summed E-state index contributed by atoms with van der Waals surface area (Å²) < 4.78 is 19.1. The Balaban J connectivity index is 2.81. The van der Waals surface area contributed by atoms with Crippen LogP contribution in [0, 0.1) is 5.82 Å². The molecule has 1 aromatic rings. The van der Waals surface area contributed by atoms with Crippen LogP contribution in [0.15, 0.2) is 30.9 Å². The summed E-state index contributed by atoms with van der Waals surface area (Å²) in [7, 11) is 0. The molecular formula is C18H23FN2O5. The lowest BCUT2D eigenvalue weighted by atomic mass is 10.2. The predicted octanol–water partition coefficient (Wildman–Crippen LogP) is 3.28. The minimum Gasteiger partial charge on any atom is -0.478 e. The smallest absolute Gasteiger partial charge is 0.410 e. The first-order chi connectivity index (χ1) is 12.0. The van der Waals surface area contributed by atoms with E-state index in [0.717, 1.165) is 12.1 Å². The number of carbonyl (C=O) groups excluding carboxylic acids is 2. The lowest BCUT2D eigenvalue weighted by Gasteiger charge is -2.26. The van der Waals surface area contributed by atoms with E-state index in [1.54, 1.807) is 26.8 Å². The molecule has 1 aromatic carbocycles. The van der Waals surface area contributed by atoms with E-state index in [-0.39, 0.29) is 24.3 Å². The van der Waals surface area contributed by atoms with Crippen LogP contribution in [0.3, 0.4) is 0 Å². The van der Waals surface area contributed by atoms with Gasteiger partial charge >= 0.3 is 12.1 Å². The van der Waals surface area contributed by atoms with Crippen LogP contribution in [-0.2, 0) is 9.53 Å². The van der Waals surface area contributed by atoms with Gasteiger partial charge in [0.25, 0.3) is 0 Å². The van der Waals surface area contributed by atoms with Crippen LogP contribution in [0.25, 0.3) is 0 Å². The Kier molecular flexibility index (Phi) is 7.30. The van der Waals surface area contributed by atoms with E-state index in [2.05, 4.69) is 11.9 Å². The molecule has 0 bridgehead atoms. The van der Waals surface area contributed by atoms with Gasteiger partial charge in [-0.3, -0.25) is 9.69 Å². The fourth-order valence-corrected chi connectivity index (χ4v) is 1.92. The molecule has 0 radical (unpaired) electrons. The lowest BCUT2D eigenvalue weighted by molar-refractivity contribution is -0.117. The predicted molar refractivity (Wildman–Crippen MR) is 94.6 cm³/mol. The summed E-state index contributed by atoms with van der Waals surface area (Å²) in [5.41, 5.74) is -1.13. The first kappa shape index (κ1) is 21.1. The highest BCUT2D eigenvalue weighted by atomic mass is 19.1. The Hall–Kier alpha value is -2.90. The van der Waals surface area contributed by atoms with Crippen molar-refractivity contribution in [2.45, 2.75) is 32.8 Å². The lowest BCUT2D eigenvalue weighted by Crippen LogP contribution is -2.41. The van der Waals surface area contributed by atoms with E-state index < -0.39 is 29.4 Å². The summed E-state index contributed by atoms with van der Waals surface area (Å²) >= 11 is 0. The third-order valence-corrected chi connectivity index (χ3v) is 3.08. The van der Waals surface area contributed by atoms with Crippen molar-refractivity contribution in [2.75, 3.05) is 18.4 Å². The molecule has 0 unspecified atom stereocenters. The molecule has 0 aliphatic rings. The average Bonchev–Trinajstić information content (AvgIpc) is 2.51. The Labute approximate surface area is 151 Å². The third kappa shape index (κ3) is 6.92. The summed E-state index contributed by atoms with van der Waals surface area (Å²) in [4.78, 5) is 36.3. The van der Waals surface area contributed by atoms with Crippen molar-refractivity contribution in [3.05, 3.63) is 42.2 Å². The zero-order valence-electron chi connectivity index (χ0n) is 15.0. The summed E-state index contributed by atoms with van der Waals surface area (Å²) in [6, 6.07) is 3.13. The van der Waals surface area contributed by atoms with Gasteiger partial charge in [-0.15, -0.1) is 6.58 Å². The first-order valence-corrected chi connectivity index (χ1v) is 7.95. The maximum Gasteiger partial charge on any atom is 0.410 e. The van der Waals surface area contributed by atoms with Crippen molar-refractivity contribution in [1.29, 1.82) is 0 Å². The van der Waals surface area contributed by atoms with Gasteiger partial charge in [0.2, 0.25) is 5.91 Å². The number of benzene rings is 1. The normalized spacial score (nSPS) is 10.8. The number of carboxylic acid groups (broad SMARTS) is 1. The highest BCUT2D eigenvalue weighted by molar-refractivity contribution is 5.95. The average molecular weight is 366 g/mol. The van der Waals surface area contributed by atoms with E-state index in [0.29, 0.717) is 6.42 Å². The van der Waals surface area contributed by atoms with Crippen molar-refractivity contribution in [3.63, 3.8) is 0 Å². The van der Waals surface area contributed by atoms with Crippen molar-refractivity contribution >= 4 is 23.7 Å². The Morgan fingerprint density at radius 3 is 2.50 bits per heavy atom. The number of aromatic carboxylic acids is 1. The number of nitrogens with zero attached hydrogens (tertiary/aromatic N) is 1. The molecule has 26 heavy (non-hydrogen) atoms. The van der Waals surface area contributed by atoms with Crippen LogP contribution in [0.4, 0.5) is 14.9 Å². The molecule has 0 spiro atoms. The van der Waals surface area contributed by atoms with Gasteiger partial charge < -0.3 is 15.2 Å². The number of carbonyl (C=O) groups is 3. The molecule has 0 atom stereocenters. The minimum atomic E-state index is -1.28. The maximum absolute atomic E-state index is 13.9. The largest absolute Gasteiger partial charge is 0.478 e. The molecule has 2 amide bonds. The zero-order valence-corrected chi connectivity index (χ0v) is 15.0. The van der Waals surface area contributed by atoms with Crippen molar-refractivity contribution in [3.8, 4) is 0 Å².